The summed E-state index contributed by atoms with van der Waals surface area (Å²) in [6.45, 7) is 5.31. The van der Waals surface area contributed by atoms with Gasteiger partial charge in [-0.05, 0) is 44.5 Å². The third-order valence-electron chi connectivity index (χ3n) is 3.35. The highest BCUT2D eigenvalue weighted by Crippen LogP contribution is 2.30. The van der Waals surface area contributed by atoms with E-state index in [-0.39, 0.29) is 6.42 Å². The zero-order valence-corrected chi connectivity index (χ0v) is 15.9. The molecule has 1 aromatic carbocycles. The summed E-state index contributed by atoms with van der Waals surface area (Å²) in [4.78, 5) is 16.5. The van der Waals surface area contributed by atoms with Crippen molar-refractivity contribution in [2.75, 3.05) is 0 Å². The van der Waals surface area contributed by atoms with Gasteiger partial charge in [0.2, 0.25) is 0 Å². The second-order valence-electron chi connectivity index (χ2n) is 6.86. The highest BCUT2D eigenvalue weighted by atomic mass is 32.1. The quantitative estimate of drug-likeness (QED) is 0.580. The lowest BCUT2D eigenvalue weighted by atomic mass is 10.0. The molecule has 2 aromatic rings. The van der Waals surface area contributed by atoms with Gasteiger partial charge in [0.25, 0.3) is 0 Å². The fourth-order valence-corrected chi connectivity index (χ4v) is 3.02. The van der Waals surface area contributed by atoms with Crippen molar-refractivity contribution in [3.05, 3.63) is 57.6 Å². The molecule has 2 rings (SSSR count). The van der Waals surface area contributed by atoms with Crippen LogP contribution in [0.1, 0.15) is 47.9 Å². The number of hydrogen-bond donors (Lipinski definition) is 1. The topological polar surface area (TPSA) is 59.4 Å². The fraction of sp³-hybridized carbons (Fsp3) is 0.368. The molecule has 4 nitrogen and oxygen atoms in total. The highest BCUT2D eigenvalue weighted by molar-refractivity contribution is 7.12. The van der Waals surface area contributed by atoms with E-state index in [0.29, 0.717) is 15.4 Å². The van der Waals surface area contributed by atoms with E-state index in [9.17, 15) is 23.1 Å². The molecule has 0 aliphatic heterocycles. The molecular weight excluding hydrogens is 379 g/mol. The maximum atomic E-state index is 12.6. The minimum atomic E-state index is -4.41. The van der Waals surface area contributed by atoms with E-state index in [0.717, 1.165) is 12.1 Å². The van der Waals surface area contributed by atoms with E-state index >= 15 is 0 Å². The summed E-state index contributed by atoms with van der Waals surface area (Å²) >= 11 is 1.28. The minimum absolute atomic E-state index is 0.163. The number of aromatic nitrogens is 1. The number of esters is 1. The maximum Gasteiger partial charge on any atom is 0.416 e. The number of alkyl halides is 3. The molecule has 1 heterocycles. The Morgan fingerprint density at radius 3 is 2.44 bits per heavy atom. The number of carbonyl (C=O) groups is 1. The molecule has 1 atom stereocenters. The molecule has 0 spiro atoms. The molecular formula is C19H20F3NO3S. The van der Waals surface area contributed by atoms with Crippen LogP contribution < -0.4 is 0 Å². The Morgan fingerprint density at radius 1 is 1.26 bits per heavy atom. The predicted octanol–water partition coefficient (Wildman–Crippen LogP) is 4.79. The number of thiazole rings is 1. The summed E-state index contributed by atoms with van der Waals surface area (Å²) in [5.74, 6) is -0.470. The van der Waals surface area contributed by atoms with E-state index < -0.39 is 29.4 Å². The first-order valence-electron chi connectivity index (χ1n) is 8.15. The molecule has 0 radical (unpaired) electrons. The van der Waals surface area contributed by atoms with Gasteiger partial charge in [-0.25, -0.2) is 9.78 Å². The Bertz CT molecular complexity index is 805. The van der Waals surface area contributed by atoms with E-state index in [1.807, 2.05) is 0 Å². The van der Waals surface area contributed by atoms with E-state index in [1.54, 1.807) is 33.0 Å². The van der Waals surface area contributed by atoms with E-state index in [1.165, 1.54) is 29.5 Å². The number of hydrogen-bond acceptors (Lipinski definition) is 5. The van der Waals surface area contributed by atoms with Crippen LogP contribution >= 0.6 is 11.3 Å². The summed E-state index contributed by atoms with van der Waals surface area (Å²) < 4.78 is 42.9. The van der Waals surface area contributed by atoms with Crippen molar-refractivity contribution in [1.82, 2.24) is 4.98 Å². The average molecular weight is 399 g/mol. The van der Waals surface area contributed by atoms with Gasteiger partial charge in [0.15, 0.2) is 0 Å². The molecule has 0 saturated carbocycles. The molecule has 0 saturated heterocycles. The summed E-state index contributed by atoms with van der Waals surface area (Å²) in [5.41, 5.74) is -0.960. The van der Waals surface area contributed by atoms with Gasteiger partial charge in [-0.2, -0.15) is 13.2 Å². The number of benzene rings is 1. The molecule has 0 amide bonds. The first kappa shape index (κ1) is 21.1. The van der Waals surface area contributed by atoms with Gasteiger partial charge in [0.05, 0.1) is 16.7 Å². The average Bonchev–Trinajstić information content (AvgIpc) is 2.98. The lowest BCUT2D eigenvalue weighted by Crippen LogP contribution is -2.22. The number of nitrogens with zero attached hydrogens (tertiary/aromatic N) is 1. The second kappa shape index (κ2) is 8.22. The van der Waals surface area contributed by atoms with Gasteiger partial charge in [0.1, 0.15) is 5.60 Å². The lowest BCUT2D eigenvalue weighted by Gasteiger charge is -2.17. The van der Waals surface area contributed by atoms with Crippen LogP contribution in [0, 0.1) is 0 Å². The molecule has 0 bridgehead atoms. The SMILES string of the molecule is CC(C)(C)OC(=O)/C=C/c1cnc(CC(O)c2ccc(C(F)(F)F)cc2)s1. The molecule has 8 heteroatoms. The monoisotopic (exact) mass is 399 g/mol. The molecule has 27 heavy (non-hydrogen) atoms. The Morgan fingerprint density at radius 2 is 1.89 bits per heavy atom. The number of ether oxygens (including phenoxy) is 1. The second-order valence-corrected chi connectivity index (χ2v) is 8.01. The Kier molecular flexibility index (Phi) is 6.43. The van der Waals surface area contributed by atoms with Crippen molar-refractivity contribution in [3.63, 3.8) is 0 Å². The number of aliphatic hydroxyl groups excluding tert-OH is 1. The summed E-state index contributed by atoms with van der Waals surface area (Å²) in [7, 11) is 0. The van der Waals surface area contributed by atoms with Crippen LogP contribution in [-0.2, 0) is 22.1 Å². The number of carbonyl (C=O) groups excluding carboxylic acids is 1. The molecule has 0 aliphatic rings. The first-order valence-corrected chi connectivity index (χ1v) is 8.97. The zero-order chi connectivity index (χ0) is 20.2. The van der Waals surface area contributed by atoms with Crippen molar-refractivity contribution >= 4 is 23.4 Å². The van der Waals surface area contributed by atoms with Crippen molar-refractivity contribution in [1.29, 1.82) is 0 Å². The summed E-state index contributed by atoms with van der Waals surface area (Å²) in [6.07, 6.45) is -0.791. The Balaban J connectivity index is 1.97. The third-order valence-corrected chi connectivity index (χ3v) is 4.34. The van der Waals surface area contributed by atoms with Crippen LogP contribution in [0.3, 0.4) is 0 Å². The van der Waals surface area contributed by atoms with Crippen LogP contribution in [0.25, 0.3) is 6.08 Å². The fourth-order valence-electron chi connectivity index (χ4n) is 2.16. The van der Waals surface area contributed by atoms with Gasteiger partial charge in [0, 0.05) is 23.6 Å². The smallest absolute Gasteiger partial charge is 0.416 e. The third kappa shape index (κ3) is 6.80. The van der Waals surface area contributed by atoms with Gasteiger partial charge >= 0.3 is 12.1 Å². The van der Waals surface area contributed by atoms with Gasteiger partial charge < -0.3 is 9.84 Å². The number of halogens is 3. The summed E-state index contributed by atoms with van der Waals surface area (Å²) in [6, 6.07) is 4.39. The van der Waals surface area contributed by atoms with Crippen molar-refractivity contribution in [3.8, 4) is 0 Å². The van der Waals surface area contributed by atoms with Crippen LogP contribution in [0.5, 0.6) is 0 Å². The number of aliphatic hydroxyl groups is 1. The van der Waals surface area contributed by atoms with Crippen LogP contribution in [0.15, 0.2) is 36.5 Å². The molecule has 0 aliphatic carbocycles. The Labute approximate surface area is 159 Å². The van der Waals surface area contributed by atoms with Crippen molar-refractivity contribution < 1.29 is 27.8 Å². The number of rotatable bonds is 5. The van der Waals surface area contributed by atoms with Gasteiger partial charge in [-0.3, -0.25) is 0 Å². The van der Waals surface area contributed by atoms with Crippen LogP contribution in [0.4, 0.5) is 13.2 Å². The van der Waals surface area contributed by atoms with Gasteiger partial charge in [-0.15, -0.1) is 11.3 Å². The zero-order valence-electron chi connectivity index (χ0n) is 15.1. The predicted molar refractivity (Wildman–Crippen MR) is 97.1 cm³/mol. The normalized spacial score (nSPS) is 13.7. The standard InChI is InChI=1S/C19H20F3NO3S/c1-18(2,3)26-17(25)9-8-14-11-23-16(27-14)10-15(24)12-4-6-13(7-5-12)19(20,21)22/h4-9,11,15,24H,10H2,1-3H3/b9-8+. The van der Waals surface area contributed by atoms with E-state index in [2.05, 4.69) is 4.98 Å². The molecule has 1 unspecified atom stereocenters. The van der Waals surface area contributed by atoms with Crippen LogP contribution in [0.2, 0.25) is 0 Å². The first-order chi connectivity index (χ1) is 12.4. The van der Waals surface area contributed by atoms with Crippen LogP contribution in [-0.4, -0.2) is 21.7 Å². The highest BCUT2D eigenvalue weighted by Gasteiger charge is 2.30. The Hall–Kier alpha value is -2.19. The summed E-state index contributed by atoms with van der Waals surface area (Å²) in [5, 5.41) is 10.8. The molecule has 0 fully saturated rings. The van der Waals surface area contributed by atoms with Gasteiger partial charge in [-0.1, -0.05) is 12.1 Å². The molecule has 1 N–H and O–H groups in total. The van der Waals surface area contributed by atoms with Crippen molar-refractivity contribution in [2.24, 2.45) is 0 Å². The largest absolute Gasteiger partial charge is 0.457 e. The lowest BCUT2D eigenvalue weighted by molar-refractivity contribution is -0.148. The maximum absolute atomic E-state index is 12.6. The van der Waals surface area contributed by atoms with Crippen molar-refractivity contribution in [2.45, 2.75) is 45.1 Å². The minimum Gasteiger partial charge on any atom is -0.457 e. The molecule has 146 valence electrons. The van der Waals surface area contributed by atoms with E-state index in [4.69, 9.17) is 4.74 Å². The molecule has 1 aromatic heterocycles.